The van der Waals surface area contributed by atoms with E-state index in [-0.39, 0.29) is 23.7 Å². The Labute approximate surface area is 151 Å². The Kier molecular flexibility index (Phi) is 4.75. The molecule has 1 aliphatic carbocycles. The van der Waals surface area contributed by atoms with E-state index in [9.17, 15) is 9.59 Å². The normalized spacial score (nSPS) is 23.8. The smallest absolute Gasteiger partial charge is 0.254 e. The zero-order valence-corrected chi connectivity index (χ0v) is 14.5. The van der Waals surface area contributed by atoms with Gasteiger partial charge in [-0.25, -0.2) is 14.6 Å². The third-order valence-corrected chi connectivity index (χ3v) is 5.14. The molecule has 1 amide bonds. The number of amides is 1. The van der Waals surface area contributed by atoms with Crippen LogP contribution >= 0.6 is 0 Å². The van der Waals surface area contributed by atoms with Crippen LogP contribution in [-0.2, 0) is 9.53 Å². The Balaban J connectivity index is 1.59. The van der Waals surface area contributed by atoms with Crippen molar-refractivity contribution in [3.8, 4) is 5.82 Å². The molecule has 2 unspecified atom stereocenters. The summed E-state index contributed by atoms with van der Waals surface area (Å²) < 4.78 is 7.11. The summed E-state index contributed by atoms with van der Waals surface area (Å²) in [6, 6.07) is 3.21. The van der Waals surface area contributed by atoms with E-state index in [1.54, 1.807) is 23.2 Å². The van der Waals surface area contributed by atoms with Crippen molar-refractivity contribution in [2.45, 2.75) is 31.7 Å². The van der Waals surface area contributed by atoms with Crippen LogP contribution in [0.1, 0.15) is 36.0 Å². The number of hydrogen-bond donors (Lipinski definition) is 0. The van der Waals surface area contributed by atoms with Gasteiger partial charge in [0, 0.05) is 30.6 Å². The number of carbonyl (C=O) groups is 2. The Hall–Kier alpha value is -2.61. The Morgan fingerprint density at radius 1 is 1.31 bits per heavy atom. The van der Waals surface area contributed by atoms with Gasteiger partial charge in [-0.1, -0.05) is 6.42 Å². The van der Waals surface area contributed by atoms with Gasteiger partial charge in [0.2, 0.25) is 0 Å². The number of pyridine rings is 1. The van der Waals surface area contributed by atoms with Gasteiger partial charge in [0.05, 0.1) is 19.3 Å². The van der Waals surface area contributed by atoms with Crippen LogP contribution in [0.2, 0.25) is 0 Å². The highest BCUT2D eigenvalue weighted by atomic mass is 16.5. The lowest BCUT2D eigenvalue weighted by Crippen LogP contribution is -2.54. The number of ether oxygens (including phenoxy) is 1. The minimum atomic E-state index is -0.188. The molecule has 4 rings (SSSR count). The lowest BCUT2D eigenvalue weighted by molar-refractivity contribution is -0.129. The van der Waals surface area contributed by atoms with Crippen molar-refractivity contribution in [3.05, 3.63) is 36.5 Å². The number of aromatic nitrogens is 4. The van der Waals surface area contributed by atoms with Crippen molar-refractivity contribution < 1.29 is 14.3 Å². The molecular weight excluding hydrogens is 334 g/mol. The second kappa shape index (κ2) is 7.33. The number of morpholine rings is 1. The van der Waals surface area contributed by atoms with E-state index < -0.39 is 0 Å². The van der Waals surface area contributed by atoms with Crippen molar-refractivity contribution in [1.82, 2.24) is 24.6 Å². The van der Waals surface area contributed by atoms with E-state index in [4.69, 9.17) is 4.74 Å². The average molecular weight is 355 g/mol. The van der Waals surface area contributed by atoms with Crippen molar-refractivity contribution in [2.24, 2.45) is 5.92 Å². The molecule has 8 heteroatoms. The number of nitrogens with zero attached hydrogens (tertiary/aromatic N) is 5. The van der Waals surface area contributed by atoms with E-state index in [0.29, 0.717) is 37.6 Å². The van der Waals surface area contributed by atoms with Gasteiger partial charge in [-0.3, -0.25) is 9.59 Å². The van der Waals surface area contributed by atoms with E-state index in [0.717, 1.165) is 19.3 Å². The number of rotatable bonds is 3. The zero-order valence-electron chi connectivity index (χ0n) is 14.5. The topological polar surface area (TPSA) is 90.2 Å². The monoisotopic (exact) mass is 355 g/mol. The van der Waals surface area contributed by atoms with Crippen LogP contribution in [0.4, 0.5) is 0 Å². The van der Waals surface area contributed by atoms with Gasteiger partial charge in [0.1, 0.15) is 18.4 Å². The quantitative estimate of drug-likeness (QED) is 0.823. The first-order chi connectivity index (χ1) is 12.7. The number of hydrogen-bond acceptors (Lipinski definition) is 6. The average Bonchev–Trinajstić information content (AvgIpc) is 3.23. The molecule has 1 saturated carbocycles. The van der Waals surface area contributed by atoms with E-state index >= 15 is 0 Å². The highest BCUT2D eigenvalue weighted by Gasteiger charge is 2.38. The van der Waals surface area contributed by atoms with Crippen LogP contribution < -0.4 is 0 Å². The van der Waals surface area contributed by atoms with Gasteiger partial charge in [-0.05, 0) is 25.0 Å². The Morgan fingerprint density at radius 2 is 2.23 bits per heavy atom. The predicted octanol–water partition coefficient (Wildman–Crippen LogP) is 1.26. The second-order valence-corrected chi connectivity index (χ2v) is 6.70. The molecule has 26 heavy (non-hydrogen) atoms. The molecule has 0 N–H and O–H groups in total. The van der Waals surface area contributed by atoms with Crippen molar-refractivity contribution in [1.29, 1.82) is 0 Å². The van der Waals surface area contributed by atoms with E-state index in [1.165, 1.54) is 17.3 Å². The van der Waals surface area contributed by atoms with Crippen LogP contribution in [0.15, 0.2) is 31.0 Å². The number of carbonyl (C=O) groups excluding carboxylic acids is 2. The fraction of sp³-hybridized carbons (Fsp3) is 0.500. The molecule has 8 nitrogen and oxygen atoms in total. The molecule has 0 radical (unpaired) electrons. The fourth-order valence-electron chi connectivity index (χ4n) is 3.79. The highest BCUT2D eigenvalue weighted by Crippen LogP contribution is 2.29. The molecule has 1 aliphatic heterocycles. The molecule has 0 bridgehead atoms. The summed E-state index contributed by atoms with van der Waals surface area (Å²) in [5.41, 5.74) is 0.528. The molecule has 2 atom stereocenters. The van der Waals surface area contributed by atoms with Gasteiger partial charge in [-0.15, -0.1) is 0 Å². The summed E-state index contributed by atoms with van der Waals surface area (Å²) >= 11 is 0. The van der Waals surface area contributed by atoms with Crippen LogP contribution in [0, 0.1) is 5.92 Å². The second-order valence-electron chi connectivity index (χ2n) is 6.70. The molecular formula is C18H21N5O3. The van der Waals surface area contributed by atoms with Crippen LogP contribution in [0.25, 0.3) is 5.82 Å². The SMILES string of the molecule is O=C1CCCCC1C1COCCN1C(=O)c1ccnc(-n2cncn2)c1. The van der Waals surface area contributed by atoms with Crippen molar-refractivity contribution >= 4 is 11.7 Å². The molecule has 1 saturated heterocycles. The molecule has 2 aromatic rings. The molecule has 0 aromatic carbocycles. The molecule has 2 fully saturated rings. The first kappa shape index (κ1) is 16.8. The van der Waals surface area contributed by atoms with Gasteiger partial charge in [0.15, 0.2) is 5.82 Å². The summed E-state index contributed by atoms with van der Waals surface area (Å²) in [6.45, 7) is 1.40. The maximum atomic E-state index is 13.2. The first-order valence-electron chi connectivity index (χ1n) is 8.96. The summed E-state index contributed by atoms with van der Waals surface area (Å²) in [5.74, 6) is 0.569. The zero-order chi connectivity index (χ0) is 17.9. The molecule has 2 aliphatic rings. The summed E-state index contributed by atoms with van der Waals surface area (Å²) in [5, 5.41) is 4.05. The van der Waals surface area contributed by atoms with Crippen molar-refractivity contribution in [2.75, 3.05) is 19.8 Å². The summed E-state index contributed by atoms with van der Waals surface area (Å²) in [4.78, 5) is 35.5. The van der Waals surface area contributed by atoms with Crippen LogP contribution in [0.5, 0.6) is 0 Å². The number of ketones is 1. The van der Waals surface area contributed by atoms with Gasteiger partial charge in [0.25, 0.3) is 5.91 Å². The Bertz CT molecular complexity index is 792. The predicted molar refractivity (Wildman–Crippen MR) is 91.8 cm³/mol. The molecule has 0 spiro atoms. The highest BCUT2D eigenvalue weighted by molar-refractivity contribution is 5.95. The number of Topliss-reactive ketones (excluding diaryl/α,β-unsaturated/α-hetero) is 1. The Morgan fingerprint density at radius 3 is 3.04 bits per heavy atom. The van der Waals surface area contributed by atoms with Gasteiger partial charge in [-0.2, -0.15) is 5.10 Å². The van der Waals surface area contributed by atoms with Gasteiger partial charge >= 0.3 is 0 Å². The minimum Gasteiger partial charge on any atom is -0.377 e. The minimum absolute atomic E-state index is 0.0968. The third-order valence-electron chi connectivity index (χ3n) is 5.14. The third kappa shape index (κ3) is 3.24. The lowest BCUT2D eigenvalue weighted by atomic mass is 9.82. The largest absolute Gasteiger partial charge is 0.377 e. The first-order valence-corrected chi connectivity index (χ1v) is 8.96. The van der Waals surface area contributed by atoms with E-state index in [2.05, 4.69) is 15.1 Å². The summed E-state index contributed by atoms with van der Waals surface area (Å²) in [6.07, 6.45) is 7.96. The molecule has 3 heterocycles. The molecule has 136 valence electrons. The molecule has 2 aromatic heterocycles. The van der Waals surface area contributed by atoms with Gasteiger partial charge < -0.3 is 9.64 Å². The maximum absolute atomic E-state index is 13.2. The summed E-state index contributed by atoms with van der Waals surface area (Å²) in [7, 11) is 0. The standard InChI is InChI=1S/C18H21N5O3/c24-16-4-2-1-3-14(16)15-10-26-8-7-22(15)18(25)13-5-6-20-17(9-13)23-12-19-11-21-23/h5-6,9,11-12,14-15H,1-4,7-8,10H2. The maximum Gasteiger partial charge on any atom is 0.254 e. The van der Waals surface area contributed by atoms with Crippen molar-refractivity contribution in [3.63, 3.8) is 0 Å². The lowest BCUT2D eigenvalue weighted by Gasteiger charge is -2.40. The van der Waals surface area contributed by atoms with E-state index in [1.807, 2.05) is 0 Å². The fourth-order valence-corrected chi connectivity index (χ4v) is 3.79. The van der Waals surface area contributed by atoms with Crippen LogP contribution in [-0.4, -0.2) is 62.1 Å². The van der Waals surface area contributed by atoms with Crippen LogP contribution in [0.3, 0.4) is 0 Å².